The molecule has 0 bridgehead atoms. The minimum absolute atomic E-state index is 0.0449. The maximum atomic E-state index is 13.1. The average Bonchev–Trinajstić information content (AvgIpc) is 3.39. The van der Waals surface area contributed by atoms with Crippen molar-refractivity contribution in [3.8, 4) is 5.75 Å². The highest BCUT2D eigenvalue weighted by molar-refractivity contribution is 5.79. The summed E-state index contributed by atoms with van der Waals surface area (Å²) in [7, 11) is 1.63. The highest BCUT2D eigenvalue weighted by atomic mass is 16.5. The zero-order valence-corrected chi connectivity index (χ0v) is 17.4. The largest absolute Gasteiger partial charge is 0.497 e. The molecule has 2 atom stereocenters. The Hall–Kier alpha value is -1.63. The smallest absolute Gasteiger partial charge is 0.225 e. The van der Waals surface area contributed by atoms with Crippen molar-refractivity contribution in [3.05, 3.63) is 29.8 Å². The first-order valence-electron chi connectivity index (χ1n) is 11.1. The Balaban J connectivity index is 1.54. The van der Waals surface area contributed by atoms with Gasteiger partial charge in [-0.15, -0.1) is 0 Å². The summed E-state index contributed by atoms with van der Waals surface area (Å²) < 4.78 is 5.27. The molecule has 0 radical (unpaired) electrons. The van der Waals surface area contributed by atoms with Gasteiger partial charge in [0.2, 0.25) is 5.91 Å². The molecule has 2 N–H and O–H groups in total. The molecule has 4 rings (SSSR count). The van der Waals surface area contributed by atoms with Crippen LogP contribution in [0.1, 0.15) is 44.1 Å². The number of ether oxygens (including phenoxy) is 1. The molecule has 1 saturated carbocycles. The van der Waals surface area contributed by atoms with Gasteiger partial charge in [0.05, 0.1) is 19.8 Å². The summed E-state index contributed by atoms with van der Waals surface area (Å²) in [6, 6.07) is 7.61. The van der Waals surface area contributed by atoms with E-state index in [9.17, 15) is 15.0 Å². The van der Waals surface area contributed by atoms with Crippen LogP contribution in [0.15, 0.2) is 24.3 Å². The number of carbonyl (C=O) groups excluding carboxylic acids is 1. The molecule has 1 aromatic rings. The summed E-state index contributed by atoms with van der Waals surface area (Å²) in [5.74, 6) is 1.05. The molecular formula is C23H34N2O4. The summed E-state index contributed by atoms with van der Waals surface area (Å²) in [4.78, 5) is 17.3. The number of rotatable bonds is 5. The zero-order chi connectivity index (χ0) is 20.4. The quantitative estimate of drug-likeness (QED) is 0.788. The van der Waals surface area contributed by atoms with E-state index >= 15 is 0 Å². The number of β-amino-alcohol motifs (C(OH)–C–C–N with tert-alkyl or cyclic N) is 1. The molecule has 1 amide bonds. The number of hydrogen-bond donors (Lipinski definition) is 2. The van der Waals surface area contributed by atoms with Crippen molar-refractivity contribution in [1.29, 1.82) is 0 Å². The third-order valence-electron chi connectivity index (χ3n) is 7.19. The Morgan fingerprint density at radius 3 is 2.41 bits per heavy atom. The van der Waals surface area contributed by atoms with E-state index < -0.39 is 5.60 Å². The number of methoxy groups -OCH3 is 1. The van der Waals surface area contributed by atoms with Crippen LogP contribution in [0.5, 0.6) is 5.75 Å². The normalized spacial score (nSPS) is 29.5. The molecule has 0 spiro atoms. The summed E-state index contributed by atoms with van der Waals surface area (Å²) in [6.07, 6.45) is 5.56. The Morgan fingerprint density at radius 1 is 1.14 bits per heavy atom. The van der Waals surface area contributed by atoms with E-state index in [1.54, 1.807) is 7.11 Å². The van der Waals surface area contributed by atoms with Crippen LogP contribution in [0.2, 0.25) is 0 Å². The van der Waals surface area contributed by atoms with Crippen LogP contribution in [0.3, 0.4) is 0 Å². The van der Waals surface area contributed by atoms with E-state index in [4.69, 9.17) is 4.74 Å². The molecule has 1 aromatic carbocycles. The van der Waals surface area contributed by atoms with Crippen molar-refractivity contribution in [2.24, 2.45) is 11.8 Å². The average molecular weight is 403 g/mol. The molecule has 3 aliphatic rings. The Labute approximate surface area is 173 Å². The lowest BCUT2D eigenvalue weighted by Crippen LogP contribution is -2.45. The van der Waals surface area contributed by atoms with Crippen LogP contribution in [0.4, 0.5) is 0 Å². The van der Waals surface area contributed by atoms with E-state index in [0.717, 1.165) is 69.5 Å². The molecule has 0 unspecified atom stereocenters. The number of piperidine rings is 1. The second-order valence-corrected chi connectivity index (χ2v) is 9.08. The Bertz CT molecular complexity index is 695. The molecular weight excluding hydrogens is 368 g/mol. The summed E-state index contributed by atoms with van der Waals surface area (Å²) in [5.41, 5.74) is -0.210. The number of nitrogens with zero attached hydrogens (tertiary/aromatic N) is 2. The third-order valence-corrected chi connectivity index (χ3v) is 7.19. The van der Waals surface area contributed by atoms with Crippen molar-refractivity contribution in [1.82, 2.24) is 9.80 Å². The third kappa shape index (κ3) is 4.30. The SMILES string of the molecule is COc1ccc([C@@]2(O)CN(C(=O)C3CCCC3)C[C@H]2CN2CCC(O)CC2)cc1. The Kier molecular flexibility index (Phi) is 6.13. The van der Waals surface area contributed by atoms with Gasteiger partial charge in [-0.25, -0.2) is 0 Å². The molecule has 3 fully saturated rings. The monoisotopic (exact) mass is 402 g/mol. The first-order valence-corrected chi connectivity index (χ1v) is 11.1. The first-order chi connectivity index (χ1) is 14.0. The number of amides is 1. The van der Waals surface area contributed by atoms with Crippen LogP contribution in [0.25, 0.3) is 0 Å². The lowest BCUT2D eigenvalue weighted by Gasteiger charge is -2.36. The van der Waals surface area contributed by atoms with Crippen LogP contribution in [-0.4, -0.2) is 71.9 Å². The predicted molar refractivity (Wildman–Crippen MR) is 111 cm³/mol. The van der Waals surface area contributed by atoms with Gasteiger partial charge in [0.15, 0.2) is 0 Å². The minimum atomic E-state index is -1.06. The van der Waals surface area contributed by atoms with Gasteiger partial charge in [-0.3, -0.25) is 4.79 Å². The van der Waals surface area contributed by atoms with Crippen LogP contribution < -0.4 is 4.74 Å². The van der Waals surface area contributed by atoms with Gasteiger partial charge >= 0.3 is 0 Å². The Morgan fingerprint density at radius 2 is 1.79 bits per heavy atom. The molecule has 2 aliphatic heterocycles. The number of hydrogen-bond acceptors (Lipinski definition) is 5. The topological polar surface area (TPSA) is 73.2 Å². The van der Waals surface area contributed by atoms with Crippen molar-refractivity contribution < 1.29 is 19.7 Å². The van der Waals surface area contributed by atoms with Gasteiger partial charge in [-0.1, -0.05) is 25.0 Å². The fraction of sp³-hybridized carbons (Fsp3) is 0.696. The van der Waals surface area contributed by atoms with Crippen molar-refractivity contribution in [3.63, 3.8) is 0 Å². The predicted octanol–water partition coefficient (Wildman–Crippen LogP) is 1.99. The fourth-order valence-corrected chi connectivity index (χ4v) is 5.33. The number of carbonyl (C=O) groups is 1. The van der Waals surface area contributed by atoms with Gasteiger partial charge in [0.1, 0.15) is 11.4 Å². The standard InChI is InChI=1S/C23H34N2O4/c1-29-21-8-6-18(7-9-21)23(28)16-25(22(27)17-4-2-3-5-17)15-19(23)14-24-12-10-20(26)11-13-24/h6-9,17,19-20,26,28H,2-5,10-16H2,1H3/t19-,23+/m1/s1. The lowest BCUT2D eigenvalue weighted by atomic mass is 9.83. The molecule has 6 heteroatoms. The zero-order valence-electron chi connectivity index (χ0n) is 17.4. The maximum absolute atomic E-state index is 13.1. The second kappa shape index (κ2) is 8.62. The summed E-state index contributed by atoms with van der Waals surface area (Å²) >= 11 is 0. The molecule has 0 aromatic heterocycles. The second-order valence-electron chi connectivity index (χ2n) is 9.08. The molecule has 160 valence electrons. The van der Waals surface area contributed by atoms with Crippen LogP contribution >= 0.6 is 0 Å². The highest BCUT2D eigenvalue weighted by Gasteiger charge is 2.49. The first kappa shape index (κ1) is 20.6. The molecule has 6 nitrogen and oxygen atoms in total. The number of aliphatic hydroxyl groups excluding tert-OH is 1. The highest BCUT2D eigenvalue weighted by Crippen LogP contribution is 2.40. The van der Waals surface area contributed by atoms with Gasteiger partial charge in [0, 0.05) is 38.0 Å². The van der Waals surface area contributed by atoms with E-state index in [1.807, 2.05) is 29.2 Å². The number of likely N-dealkylation sites (tertiary alicyclic amines) is 2. The fourth-order valence-electron chi connectivity index (χ4n) is 5.33. The molecule has 2 heterocycles. The van der Waals surface area contributed by atoms with E-state index in [0.29, 0.717) is 13.1 Å². The summed E-state index contributed by atoms with van der Waals surface area (Å²) in [6.45, 7) is 3.37. The molecule has 29 heavy (non-hydrogen) atoms. The van der Waals surface area contributed by atoms with Gasteiger partial charge in [-0.2, -0.15) is 0 Å². The van der Waals surface area contributed by atoms with Gasteiger partial charge < -0.3 is 24.7 Å². The van der Waals surface area contributed by atoms with Crippen LogP contribution in [0, 0.1) is 11.8 Å². The van der Waals surface area contributed by atoms with Gasteiger partial charge in [-0.05, 0) is 43.4 Å². The maximum Gasteiger partial charge on any atom is 0.225 e. The number of aliphatic hydroxyl groups is 2. The molecule has 2 saturated heterocycles. The summed E-state index contributed by atoms with van der Waals surface area (Å²) in [5, 5.41) is 21.6. The van der Waals surface area contributed by atoms with Crippen molar-refractivity contribution >= 4 is 5.91 Å². The number of benzene rings is 1. The van der Waals surface area contributed by atoms with E-state index in [-0.39, 0.29) is 23.8 Å². The lowest BCUT2D eigenvalue weighted by molar-refractivity contribution is -0.135. The van der Waals surface area contributed by atoms with E-state index in [2.05, 4.69) is 4.90 Å². The van der Waals surface area contributed by atoms with E-state index in [1.165, 1.54) is 0 Å². The van der Waals surface area contributed by atoms with Crippen molar-refractivity contribution in [2.45, 2.75) is 50.2 Å². The van der Waals surface area contributed by atoms with Gasteiger partial charge in [0.25, 0.3) is 0 Å². The van der Waals surface area contributed by atoms with Crippen LogP contribution in [-0.2, 0) is 10.4 Å². The minimum Gasteiger partial charge on any atom is -0.497 e. The molecule has 1 aliphatic carbocycles. The van der Waals surface area contributed by atoms with Crippen molar-refractivity contribution in [2.75, 3.05) is 39.8 Å².